The van der Waals surface area contributed by atoms with Gasteiger partial charge in [-0.1, -0.05) is 60.1 Å². The van der Waals surface area contributed by atoms with Gasteiger partial charge in [0.2, 0.25) is 6.29 Å². The van der Waals surface area contributed by atoms with E-state index in [0.717, 1.165) is 38.4 Å². The van der Waals surface area contributed by atoms with E-state index in [-0.39, 0.29) is 34.5 Å². The maximum Gasteiger partial charge on any atom is 0.337 e. The maximum absolute atomic E-state index is 15.0. The molecule has 7 fully saturated rings. The van der Waals surface area contributed by atoms with Crippen molar-refractivity contribution in [2.24, 2.45) is 50.2 Å². The highest BCUT2D eigenvalue weighted by Gasteiger charge is 2.72. The van der Waals surface area contributed by atoms with E-state index < -0.39 is 146 Å². The summed E-state index contributed by atoms with van der Waals surface area (Å²) in [6.07, 6.45) is -16.5. The second kappa shape index (κ2) is 18.0. The molecule has 3 aliphatic heterocycles. The Morgan fingerprint density at radius 2 is 1.37 bits per heavy atom. The second-order valence-electron chi connectivity index (χ2n) is 23.3. The summed E-state index contributed by atoms with van der Waals surface area (Å²) in [6, 6.07) is 0. The molecule has 0 unspecified atom stereocenters. The lowest BCUT2D eigenvalue weighted by Gasteiger charge is -2.71. The van der Waals surface area contributed by atoms with Crippen LogP contribution >= 0.6 is 0 Å². The van der Waals surface area contributed by atoms with Crippen molar-refractivity contribution in [3.05, 3.63) is 11.6 Å². The molecule has 0 aromatic heterocycles. The number of carbonyl (C=O) groups excluding carboxylic acids is 2. The lowest BCUT2D eigenvalue weighted by atomic mass is 9.33. The summed E-state index contributed by atoms with van der Waals surface area (Å²) in [5.41, 5.74) is -2.04. The molecule has 67 heavy (non-hydrogen) atoms. The number of aliphatic hydroxyl groups excluding tert-OH is 10. The normalized spacial score (nSPS) is 52.6. The van der Waals surface area contributed by atoms with Crippen molar-refractivity contribution in [1.82, 2.24) is 0 Å². The molecule has 0 spiro atoms. The number of ether oxygens (including phenoxy) is 7. The molecule has 0 bridgehead atoms. The molecule has 8 rings (SSSR count). The van der Waals surface area contributed by atoms with Crippen LogP contribution in [0.4, 0.5) is 0 Å². The quantitative estimate of drug-likeness (QED) is 0.0865. The van der Waals surface area contributed by atoms with Crippen molar-refractivity contribution >= 4 is 11.9 Å². The molecule has 0 aromatic rings. The molecule has 19 heteroatoms. The zero-order chi connectivity index (χ0) is 49.1. The fourth-order valence-corrected chi connectivity index (χ4v) is 15.0. The summed E-state index contributed by atoms with van der Waals surface area (Å²) in [5.74, 6) is -1.77. The molecule has 382 valence electrons. The molecule has 0 aromatic carbocycles. The Hall–Kier alpha value is -1.92. The van der Waals surface area contributed by atoms with Crippen LogP contribution in [-0.4, -0.2) is 182 Å². The van der Waals surface area contributed by atoms with Crippen LogP contribution in [0.15, 0.2) is 11.6 Å². The van der Waals surface area contributed by atoms with Crippen LogP contribution in [0.5, 0.6) is 0 Å². The van der Waals surface area contributed by atoms with Gasteiger partial charge in [0.25, 0.3) is 0 Å². The number of hydrogen-bond acceptors (Lipinski definition) is 19. The molecule has 3 saturated heterocycles. The molecular weight excluding hydrogens is 881 g/mol. The Bertz CT molecular complexity index is 1880. The molecule has 23 atom stereocenters. The summed E-state index contributed by atoms with van der Waals surface area (Å²) in [4.78, 5) is 27.4. The summed E-state index contributed by atoms with van der Waals surface area (Å²) < 4.78 is 40.0. The Morgan fingerprint density at radius 3 is 2.03 bits per heavy atom. The first-order valence-electron chi connectivity index (χ1n) is 24.2. The molecule has 10 N–H and O–H groups in total. The second-order valence-corrected chi connectivity index (χ2v) is 23.3. The van der Waals surface area contributed by atoms with Gasteiger partial charge < -0.3 is 84.2 Å². The fourth-order valence-electron chi connectivity index (χ4n) is 15.0. The minimum atomic E-state index is -1.82. The number of aliphatic hydroxyl groups is 10. The highest BCUT2D eigenvalue weighted by atomic mass is 16.7. The Balaban J connectivity index is 1.04. The van der Waals surface area contributed by atoms with Gasteiger partial charge in [-0.15, -0.1) is 0 Å². The molecule has 5 aliphatic carbocycles. The molecule has 19 nitrogen and oxygen atoms in total. The van der Waals surface area contributed by atoms with Crippen LogP contribution in [0.1, 0.15) is 106 Å². The third kappa shape index (κ3) is 7.97. The van der Waals surface area contributed by atoms with E-state index in [1.807, 2.05) is 0 Å². The van der Waals surface area contributed by atoms with Gasteiger partial charge in [-0.2, -0.15) is 0 Å². The summed E-state index contributed by atoms with van der Waals surface area (Å²) in [7, 11) is 1.14. The van der Waals surface area contributed by atoms with Crippen molar-refractivity contribution in [1.29, 1.82) is 0 Å². The van der Waals surface area contributed by atoms with Gasteiger partial charge in [-0.25, -0.2) is 4.79 Å². The summed E-state index contributed by atoms with van der Waals surface area (Å²) >= 11 is 0. The van der Waals surface area contributed by atoms with Crippen LogP contribution in [0, 0.1) is 50.2 Å². The van der Waals surface area contributed by atoms with Crippen molar-refractivity contribution in [2.75, 3.05) is 20.3 Å². The molecular formula is C48H76O19. The number of rotatable bonds is 8. The molecule has 0 radical (unpaired) electrons. The Labute approximate surface area is 391 Å². The lowest BCUT2D eigenvalue weighted by Crippen LogP contribution is -2.68. The standard InChI is InChI=1S/C48H76O19/c1-43(2)15-16-48(42(60)67-39-35(58)36(23(50)20-62-39)65-40-33(56)30(53)29(52)24(19-49)63-40)22(17-43)21-9-10-26-45(5)13-12-28(64-41-34(57)31(54)32(55)37(66-41)38(59)61-8)44(3,4)25(45)11-14-46(26,6)47(21,7)18-27(48)51/h9,22-37,39-41,49-58H,10-20H2,1-8H3/t22-,23+,24+,25-,26+,27+,28-,29+,30-,31-,32-,33+,34+,35+,36-,37-,39-,40-,41+,45-,46+,47+,48+/m0/s1. The molecule has 3 heterocycles. The molecule has 0 amide bonds. The van der Waals surface area contributed by atoms with Crippen LogP contribution in [0.25, 0.3) is 0 Å². The third-order valence-corrected chi connectivity index (χ3v) is 19.1. The molecule has 4 saturated carbocycles. The highest BCUT2D eigenvalue weighted by Crippen LogP contribution is 2.76. The minimum Gasteiger partial charge on any atom is -0.467 e. The van der Waals surface area contributed by atoms with E-state index >= 15 is 0 Å². The van der Waals surface area contributed by atoms with Gasteiger partial charge in [0.1, 0.15) is 66.5 Å². The predicted octanol–water partition coefficient (Wildman–Crippen LogP) is -0.0689. The van der Waals surface area contributed by atoms with Crippen molar-refractivity contribution in [3.8, 4) is 0 Å². The Kier molecular flexibility index (Phi) is 13.8. The summed E-state index contributed by atoms with van der Waals surface area (Å²) in [6.45, 7) is 14.4. The lowest BCUT2D eigenvalue weighted by molar-refractivity contribution is -0.347. The smallest absolute Gasteiger partial charge is 0.337 e. The van der Waals surface area contributed by atoms with Crippen LogP contribution < -0.4 is 0 Å². The van der Waals surface area contributed by atoms with Crippen molar-refractivity contribution in [2.45, 2.75) is 204 Å². The van der Waals surface area contributed by atoms with Gasteiger partial charge in [0.15, 0.2) is 18.7 Å². The van der Waals surface area contributed by atoms with Crippen molar-refractivity contribution in [3.63, 3.8) is 0 Å². The number of fused-ring (bicyclic) bond motifs is 7. The highest BCUT2D eigenvalue weighted by molar-refractivity contribution is 5.80. The summed E-state index contributed by atoms with van der Waals surface area (Å²) in [5, 5.41) is 108. The first kappa shape index (κ1) is 51.4. The van der Waals surface area contributed by atoms with Crippen LogP contribution in [-0.2, 0) is 42.7 Å². The van der Waals surface area contributed by atoms with Gasteiger partial charge in [0, 0.05) is 0 Å². The average molecular weight is 957 g/mol. The number of methoxy groups -OCH3 is 1. The van der Waals surface area contributed by atoms with E-state index in [1.54, 1.807) is 0 Å². The van der Waals surface area contributed by atoms with E-state index in [4.69, 9.17) is 33.2 Å². The number of carbonyl (C=O) groups is 2. The topological polar surface area (TPSA) is 301 Å². The van der Waals surface area contributed by atoms with E-state index in [2.05, 4.69) is 54.5 Å². The first-order valence-corrected chi connectivity index (χ1v) is 24.2. The largest absolute Gasteiger partial charge is 0.467 e. The van der Waals surface area contributed by atoms with Gasteiger partial charge in [-0.05, 0) is 103 Å². The predicted molar refractivity (Wildman–Crippen MR) is 230 cm³/mol. The van der Waals surface area contributed by atoms with E-state index in [0.29, 0.717) is 25.7 Å². The first-order chi connectivity index (χ1) is 31.2. The van der Waals surface area contributed by atoms with Gasteiger partial charge in [0.05, 0.1) is 32.5 Å². The SMILES string of the molecule is COC(=O)[C@H]1O[C@@H](O[C@H]2CC[C@]3(C)[C@H]4CC=C5[C@@H]6CC(C)(C)CC[C@]6(C(=O)O[C@@H]6OC[C@@H](O)[C@H](O[C@@H]7O[C@H](CO)[C@@H](O)[C@H](O)[C@H]7O)[C@H]6O)[C@H](O)C[C@@]5(C)[C@]4(C)CC[C@H]3C2(C)C)[C@H](O)[C@@H](O)[C@@H]1O. The Morgan fingerprint density at radius 1 is 0.716 bits per heavy atom. The average Bonchev–Trinajstić information content (AvgIpc) is 3.26. The van der Waals surface area contributed by atoms with Crippen molar-refractivity contribution < 1.29 is 93.8 Å². The zero-order valence-corrected chi connectivity index (χ0v) is 40.0. The van der Waals surface area contributed by atoms with Crippen LogP contribution in [0.2, 0.25) is 0 Å². The monoisotopic (exact) mass is 956 g/mol. The zero-order valence-electron chi connectivity index (χ0n) is 40.0. The molecule has 8 aliphatic rings. The van der Waals surface area contributed by atoms with E-state index in [9.17, 15) is 60.7 Å². The van der Waals surface area contributed by atoms with Crippen LogP contribution in [0.3, 0.4) is 0 Å². The van der Waals surface area contributed by atoms with Gasteiger partial charge in [-0.3, -0.25) is 4.79 Å². The maximum atomic E-state index is 15.0. The minimum absolute atomic E-state index is 0.133. The number of hydrogen-bond donors (Lipinski definition) is 10. The number of esters is 2. The van der Waals surface area contributed by atoms with Gasteiger partial charge >= 0.3 is 11.9 Å². The third-order valence-electron chi connectivity index (χ3n) is 19.1. The fraction of sp³-hybridized carbons (Fsp3) is 0.917. The van der Waals surface area contributed by atoms with E-state index in [1.165, 1.54) is 0 Å². The number of allylic oxidation sites excluding steroid dienone is 2.